The minimum absolute atomic E-state index is 0.340. The third-order valence-electron chi connectivity index (χ3n) is 2.32. The zero-order valence-corrected chi connectivity index (χ0v) is 8.44. The molecule has 2 rings (SSSR count). The number of hydrogen-bond donors (Lipinski definition) is 1. The van der Waals surface area contributed by atoms with Gasteiger partial charge in [0.25, 0.3) is 0 Å². The molecule has 0 saturated heterocycles. The fourth-order valence-electron chi connectivity index (χ4n) is 1.72. The molecule has 1 atom stereocenters. The number of benzene rings is 1. The van der Waals surface area contributed by atoms with E-state index in [1.54, 1.807) is 6.92 Å². The summed E-state index contributed by atoms with van der Waals surface area (Å²) in [6.45, 7) is 1.78. The van der Waals surface area contributed by atoms with Gasteiger partial charge in [-0.3, -0.25) is 4.68 Å². The molecule has 1 aromatic heterocycles. The van der Waals surface area contributed by atoms with Crippen molar-refractivity contribution in [2.45, 2.75) is 19.4 Å². The fourth-order valence-corrected chi connectivity index (χ4v) is 1.72. The lowest BCUT2D eigenvalue weighted by molar-refractivity contribution is 0.194. The van der Waals surface area contributed by atoms with E-state index in [4.69, 9.17) is 0 Å². The van der Waals surface area contributed by atoms with Crippen molar-refractivity contribution in [3.63, 3.8) is 0 Å². The van der Waals surface area contributed by atoms with Gasteiger partial charge in [-0.15, -0.1) is 0 Å². The lowest BCUT2D eigenvalue weighted by Gasteiger charge is -1.99. The molecule has 0 unspecified atom stereocenters. The van der Waals surface area contributed by atoms with Gasteiger partial charge in [0.05, 0.1) is 17.3 Å². The highest BCUT2D eigenvalue weighted by molar-refractivity contribution is 5.81. The standard InChI is InChI=1S/C11H14N2O/c1-8(14)7-10-9-5-3-4-6-11(9)13(2)12-10/h3-6,8,14H,7H2,1-2H3/t8-/m1/s1. The van der Waals surface area contributed by atoms with Crippen LogP contribution in [0.2, 0.25) is 0 Å². The Morgan fingerprint density at radius 1 is 1.43 bits per heavy atom. The SMILES string of the molecule is C[C@@H](O)Cc1nn(C)c2ccccc12. The molecule has 3 heteroatoms. The Labute approximate surface area is 83.0 Å². The van der Waals surface area contributed by atoms with Crippen LogP contribution in [-0.2, 0) is 13.5 Å². The van der Waals surface area contributed by atoms with Crippen LogP contribution in [0.1, 0.15) is 12.6 Å². The number of aliphatic hydroxyl groups is 1. The molecule has 0 spiro atoms. The van der Waals surface area contributed by atoms with Crippen molar-refractivity contribution in [3.8, 4) is 0 Å². The van der Waals surface area contributed by atoms with Crippen LogP contribution in [0.25, 0.3) is 10.9 Å². The lowest BCUT2D eigenvalue weighted by Crippen LogP contribution is -2.05. The highest BCUT2D eigenvalue weighted by Gasteiger charge is 2.09. The fraction of sp³-hybridized carbons (Fsp3) is 0.364. The number of hydrogen-bond acceptors (Lipinski definition) is 2. The van der Waals surface area contributed by atoms with Gasteiger partial charge in [0.1, 0.15) is 0 Å². The van der Waals surface area contributed by atoms with Crippen LogP contribution in [0.5, 0.6) is 0 Å². The van der Waals surface area contributed by atoms with Gasteiger partial charge < -0.3 is 5.11 Å². The van der Waals surface area contributed by atoms with Crippen LogP contribution in [-0.4, -0.2) is 21.0 Å². The number of aryl methyl sites for hydroxylation is 1. The van der Waals surface area contributed by atoms with Crippen LogP contribution >= 0.6 is 0 Å². The quantitative estimate of drug-likeness (QED) is 0.779. The predicted molar refractivity (Wildman–Crippen MR) is 56.1 cm³/mol. The van der Waals surface area contributed by atoms with Gasteiger partial charge in [-0.2, -0.15) is 5.10 Å². The molecule has 0 aliphatic rings. The van der Waals surface area contributed by atoms with Crippen molar-refractivity contribution >= 4 is 10.9 Å². The minimum Gasteiger partial charge on any atom is -0.393 e. The van der Waals surface area contributed by atoms with Gasteiger partial charge in [-0.25, -0.2) is 0 Å². The highest BCUT2D eigenvalue weighted by Crippen LogP contribution is 2.18. The third kappa shape index (κ3) is 1.51. The largest absolute Gasteiger partial charge is 0.393 e. The average Bonchev–Trinajstić information content (AvgIpc) is 2.44. The van der Waals surface area contributed by atoms with Crippen molar-refractivity contribution in [1.29, 1.82) is 0 Å². The second-order valence-corrected chi connectivity index (χ2v) is 3.64. The minimum atomic E-state index is -0.340. The summed E-state index contributed by atoms with van der Waals surface area (Å²) in [5, 5.41) is 14.8. The van der Waals surface area contributed by atoms with E-state index in [1.807, 2.05) is 36.0 Å². The molecule has 1 heterocycles. The zero-order chi connectivity index (χ0) is 10.1. The molecule has 1 aromatic carbocycles. The van der Waals surface area contributed by atoms with E-state index < -0.39 is 0 Å². The van der Waals surface area contributed by atoms with Crippen molar-refractivity contribution in [1.82, 2.24) is 9.78 Å². The predicted octanol–water partition coefficient (Wildman–Crippen LogP) is 1.50. The van der Waals surface area contributed by atoms with Crippen molar-refractivity contribution < 1.29 is 5.11 Å². The van der Waals surface area contributed by atoms with Gasteiger partial charge >= 0.3 is 0 Å². The Bertz CT molecular complexity index is 445. The Balaban J connectivity index is 2.55. The van der Waals surface area contributed by atoms with E-state index in [2.05, 4.69) is 5.10 Å². The van der Waals surface area contributed by atoms with Gasteiger partial charge in [-0.05, 0) is 13.0 Å². The highest BCUT2D eigenvalue weighted by atomic mass is 16.3. The molecule has 0 radical (unpaired) electrons. The van der Waals surface area contributed by atoms with E-state index in [0.29, 0.717) is 6.42 Å². The summed E-state index contributed by atoms with van der Waals surface area (Å²) >= 11 is 0. The van der Waals surface area contributed by atoms with Crippen LogP contribution in [0.3, 0.4) is 0 Å². The average molecular weight is 190 g/mol. The van der Waals surface area contributed by atoms with E-state index in [-0.39, 0.29) is 6.10 Å². The molecular weight excluding hydrogens is 176 g/mol. The summed E-state index contributed by atoms with van der Waals surface area (Å²) in [6.07, 6.45) is 0.273. The number of fused-ring (bicyclic) bond motifs is 1. The van der Waals surface area contributed by atoms with E-state index >= 15 is 0 Å². The number of nitrogens with zero attached hydrogens (tertiary/aromatic N) is 2. The van der Waals surface area contributed by atoms with Gasteiger partial charge in [0.2, 0.25) is 0 Å². The van der Waals surface area contributed by atoms with Crippen LogP contribution in [0.4, 0.5) is 0 Å². The van der Waals surface area contributed by atoms with Crippen molar-refractivity contribution in [2.24, 2.45) is 7.05 Å². The molecule has 0 fully saturated rings. The molecule has 0 saturated carbocycles. The molecular formula is C11H14N2O. The summed E-state index contributed by atoms with van der Waals surface area (Å²) in [5.41, 5.74) is 2.08. The molecule has 0 amide bonds. The number of para-hydroxylation sites is 1. The molecule has 0 aliphatic heterocycles. The Hall–Kier alpha value is -1.35. The first-order valence-corrected chi connectivity index (χ1v) is 4.77. The molecule has 14 heavy (non-hydrogen) atoms. The summed E-state index contributed by atoms with van der Waals surface area (Å²) < 4.78 is 1.85. The van der Waals surface area contributed by atoms with Crippen LogP contribution in [0.15, 0.2) is 24.3 Å². The van der Waals surface area contributed by atoms with E-state index in [9.17, 15) is 5.11 Å². The Morgan fingerprint density at radius 2 is 2.14 bits per heavy atom. The smallest absolute Gasteiger partial charge is 0.0728 e. The summed E-state index contributed by atoms with van der Waals surface area (Å²) in [4.78, 5) is 0. The third-order valence-corrected chi connectivity index (χ3v) is 2.32. The molecule has 2 aromatic rings. The molecule has 0 bridgehead atoms. The van der Waals surface area contributed by atoms with Crippen LogP contribution in [0, 0.1) is 0 Å². The Morgan fingerprint density at radius 3 is 2.86 bits per heavy atom. The normalized spacial score (nSPS) is 13.4. The van der Waals surface area contributed by atoms with Crippen molar-refractivity contribution in [3.05, 3.63) is 30.0 Å². The number of aliphatic hydroxyl groups excluding tert-OH is 1. The monoisotopic (exact) mass is 190 g/mol. The second kappa shape index (κ2) is 3.42. The van der Waals surface area contributed by atoms with Gasteiger partial charge in [-0.1, -0.05) is 18.2 Å². The molecule has 3 nitrogen and oxygen atoms in total. The van der Waals surface area contributed by atoms with E-state index in [1.165, 1.54) is 0 Å². The maximum atomic E-state index is 9.33. The number of aromatic nitrogens is 2. The summed E-state index contributed by atoms with van der Waals surface area (Å²) in [6, 6.07) is 8.07. The zero-order valence-electron chi connectivity index (χ0n) is 8.44. The second-order valence-electron chi connectivity index (χ2n) is 3.64. The van der Waals surface area contributed by atoms with Gasteiger partial charge in [0, 0.05) is 18.9 Å². The first kappa shape index (κ1) is 9.21. The van der Waals surface area contributed by atoms with Gasteiger partial charge in [0.15, 0.2) is 0 Å². The van der Waals surface area contributed by atoms with Crippen LogP contribution < -0.4 is 0 Å². The van der Waals surface area contributed by atoms with Crippen molar-refractivity contribution in [2.75, 3.05) is 0 Å². The maximum Gasteiger partial charge on any atom is 0.0728 e. The topological polar surface area (TPSA) is 38.1 Å². The lowest BCUT2D eigenvalue weighted by atomic mass is 10.1. The van der Waals surface area contributed by atoms with E-state index in [0.717, 1.165) is 16.6 Å². The first-order valence-electron chi connectivity index (χ1n) is 4.77. The Kier molecular flexibility index (Phi) is 2.25. The number of rotatable bonds is 2. The summed E-state index contributed by atoms with van der Waals surface area (Å²) in [5.74, 6) is 0. The molecule has 1 N–H and O–H groups in total. The molecule has 74 valence electrons. The summed E-state index contributed by atoms with van der Waals surface area (Å²) in [7, 11) is 1.92. The first-order chi connectivity index (χ1) is 6.68. The molecule has 0 aliphatic carbocycles. The maximum absolute atomic E-state index is 9.33.